The zero-order valence-corrected chi connectivity index (χ0v) is 18.5. The maximum absolute atomic E-state index is 12.7. The fourth-order valence-electron chi connectivity index (χ4n) is 3.33. The number of ether oxygens (including phenoxy) is 3. The van der Waals surface area contributed by atoms with E-state index in [1.54, 1.807) is 18.2 Å². The van der Waals surface area contributed by atoms with E-state index in [0.717, 1.165) is 0 Å². The van der Waals surface area contributed by atoms with E-state index in [4.69, 9.17) is 14.2 Å². The summed E-state index contributed by atoms with van der Waals surface area (Å²) >= 11 is 0. The molecule has 0 unspecified atom stereocenters. The highest BCUT2D eigenvalue weighted by molar-refractivity contribution is 7.89. The molecule has 31 heavy (non-hydrogen) atoms. The predicted molar refractivity (Wildman–Crippen MR) is 114 cm³/mol. The Morgan fingerprint density at radius 3 is 2.23 bits per heavy atom. The summed E-state index contributed by atoms with van der Waals surface area (Å²) in [5, 5.41) is 2.82. The van der Waals surface area contributed by atoms with E-state index in [1.807, 2.05) is 4.90 Å². The lowest BCUT2D eigenvalue weighted by Gasteiger charge is -2.33. The SMILES string of the molecule is COc1cc(NC(=O)CN2CCN(S(=O)(=O)c3cccnc3)CC2)cc(OC)c1OC. The monoisotopic (exact) mass is 450 g/mol. The van der Waals surface area contributed by atoms with Crippen LogP contribution in [0.15, 0.2) is 41.6 Å². The third-order valence-corrected chi connectivity index (χ3v) is 6.80. The maximum atomic E-state index is 12.7. The van der Waals surface area contributed by atoms with Gasteiger partial charge in [-0.15, -0.1) is 0 Å². The van der Waals surface area contributed by atoms with Gasteiger partial charge in [-0.25, -0.2) is 8.42 Å². The number of carbonyl (C=O) groups excluding carboxylic acids is 1. The lowest BCUT2D eigenvalue weighted by Crippen LogP contribution is -2.50. The molecule has 1 amide bonds. The Hall–Kier alpha value is -2.89. The minimum atomic E-state index is -3.58. The van der Waals surface area contributed by atoms with Gasteiger partial charge in [-0.1, -0.05) is 0 Å². The number of hydrogen-bond acceptors (Lipinski definition) is 8. The molecule has 0 saturated carbocycles. The molecule has 1 aromatic carbocycles. The molecule has 1 saturated heterocycles. The summed E-state index contributed by atoms with van der Waals surface area (Å²) in [6.07, 6.45) is 2.87. The molecular weight excluding hydrogens is 424 g/mol. The Morgan fingerprint density at radius 1 is 1.06 bits per heavy atom. The first-order chi connectivity index (χ1) is 14.9. The summed E-state index contributed by atoms with van der Waals surface area (Å²) in [7, 11) is 0.930. The van der Waals surface area contributed by atoms with Gasteiger partial charge in [-0.05, 0) is 12.1 Å². The molecule has 0 spiro atoms. The molecule has 1 aliphatic heterocycles. The van der Waals surface area contributed by atoms with E-state index in [1.165, 1.54) is 44.1 Å². The average molecular weight is 451 g/mol. The smallest absolute Gasteiger partial charge is 0.244 e. The van der Waals surface area contributed by atoms with Gasteiger partial charge in [-0.3, -0.25) is 14.7 Å². The summed E-state index contributed by atoms with van der Waals surface area (Å²) in [4.78, 5) is 18.5. The van der Waals surface area contributed by atoms with Gasteiger partial charge in [0.1, 0.15) is 4.90 Å². The highest BCUT2D eigenvalue weighted by atomic mass is 32.2. The predicted octanol–water partition coefficient (Wildman–Crippen LogP) is 1.05. The maximum Gasteiger partial charge on any atom is 0.244 e. The van der Waals surface area contributed by atoms with Crippen LogP contribution in [0, 0.1) is 0 Å². The van der Waals surface area contributed by atoms with Crippen molar-refractivity contribution < 1.29 is 27.4 Å². The second-order valence-corrected chi connectivity index (χ2v) is 8.77. The van der Waals surface area contributed by atoms with Crippen LogP contribution in [0.1, 0.15) is 0 Å². The first-order valence-electron chi connectivity index (χ1n) is 9.61. The van der Waals surface area contributed by atoms with Crippen molar-refractivity contribution in [2.75, 3.05) is 59.4 Å². The molecule has 10 nitrogen and oxygen atoms in total. The Balaban J connectivity index is 1.58. The number of nitrogens with zero attached hydrogens (tertiary/aromatic N) is 3. The molecular formula is C20H26N4O6S. The molecule has 2 aromatic rings. The van der Waals surface area contributed by atoms with Crippen LogP contribution in [-0.4, -0.2) is 82.6 Å². The number of amides is 1. The first kappa shape index (κ1) is 22.8. The Kier molecular flexibility index (Phi) is 7.31. The highest BCUT2D eigenvalue weighted by Crippen LogP contribution is 2.39. The number of carbonyl (C=O) groups is 1. The van der Waals surface area contributed by atoms with Gasteiger partial charge in [0.2, 0.25) is 21.7 Å². The van der Waals surface area contributed by atoms with Crippen molar-refractivity contribution in [1.29, 1.82) is 0 Å². The zero-order valence-electron chi connectivity index (χ0n) is 17.7. The van der Waals surface area contributed by atoms with Crippen LogP contribution in [0.4, 0.5) is 5.69 Å². The van der Waals surface area contributed by atoms with Crippen molar-refractivity contribution in [2.45, 2.75) is 4.90 Å². The average Bonchev–Trinajstić information content (AvgIpc) is 2.79. The van der Waals surface area contributed by atoms with Crippen LogP contribution >= 0.6 is 0 Å². The van der Waals surface area contributed by atoms with Crippen molar-refractivity contribution in [3.05, 3.63) is 36.7 Å². The van der Waals surface area contributed by atoms with Gasteiger partial charge in [0.25, 0.3) is 0 Å². The third-order valence-electron chi connectivity index (χ3n) is 4.92. The Labute approximate surface area is 181 Å². The van der Waals surface area contributed by atoms with E-state index in [2.05, 4.69) is 10.3 Å². The van der Waals surface area contributed by atoms with Crippen molar-refractivity contribution in [3.63, 3.8) is 0 Å². The third kappa shape index (κ3) is 5.24. The van der Waals surface area contributed by atoms with Crippen molar-refractivity contribution in [3.8, 4) is 17.2 Å². The fourth-order valence-corrected chi connectivity index (χ4v) is 4.72. The molecule has 1 N–H and O–H groups in total. The molecule has 0 bridgehead atoms. The van der Waals surface area contributed by atoms with Crippen molar-refractivity contribution >= 4 is 21.6 Å². The van der Waals surface area contributed by atoms with Gasteiger partial charge in [-0.2, -0.15) is 4.31 Å². The lowest BCUT2D eigenvalue weighted by molar-refractivity contribution is -0.117. The normalized spacial score (nSPS) is 15.3. The summed E-state index contributed by atoms with van der Waals surface area (Å²) < 4.78 is 42.7. The largest absolute Gasteiger partial charge is 0.493 e. The fraction of sp³-hybridized carbons (Fsp3) is 0.400. The van der Waals surface area contributed by atoms with Crippen LogP contribution in [0.25, 0.3) is 0 Å². The van der Waals surface area contributed by atoms with E-state index in [-0.39, 0.29) is 17.3 Å². The number of hydrogen-bond donors (Lipinski definition) is 1. The molecule has 11 heteroatoms. The second-order valence-electron chi connectivity index (χ2n) is 6.83. The molecule has 0 radical (unpaired) electrons. The van der Waals surface area contributed by atoms with Crippen LogP contribution in [-0.2, 0) is 14.8 Å². The van der Waals surface area contributed by atoms with E-state index >= 15 is 0 Å². The quantitative estimate of drug-likeness (QED) is 0.636. The summed E-state index contributed by atoms with van der Waals surface area (Å²) in [5.41, 5.74) is 0.511. The van der Waals surface area contributed by atoms with Gasteiger partial charge in [0.05, 0.1) is 27.9 Å². The standard InChI is InChI=1S/C20H26N4O6S/c1-28-17-11-15(12-18(29-2)20(17)30-3)22-19(25)14-23-7-9-24(10-8-23)31(26,27)16-5-4-6-21-13-16/h4-6,11-13H,7-10,14H2,1-3H3,(H,22,25). The second kappa shape index (κ2) is 9.94. The van der Waals surface area contributed by atoms with Crippen LogP contribution in [0.2, 0.25) is 0 Å². The summed E-state index contributed by atoms with van der Waals surface area (Å²) in [6, 6.07) is 6.42. The molecule has 1 aliphatic rings. The molecule has 1 fully saturated rings. The number of aromatic nitrogens is 1. The van der Waals surface area contributed by atoms with Crippen LogP contribution in [0.3, 0.4) is 0 Å². The summed E-state index contributed by atoms with van der Waals surface area (Å²) in [5.74, 6) is 1.09. The van der Waals surface area contributed by atoms with Gasteiger partial charge in [0.15, 0.2) is 11.5 Å². The Bertz CT molecular complexity index is 983. The van der Waals surface area contributed by atoms with Crippen molar-refractivity contribution in [2.24, 2.45) is 0 Å². The van der Waals surface area contributed by atoms with Crippen LogP contribution in [0.5, 0.6) is 17.2 Å². The summed E-state index contributed by atoms with van der Waals surface area (Å²) in [6.45, 7) is 1.63. The lowest BCUT2D eigenvalue weighted by atomic mass is 10.2. The molecule has 168 valence electrons. The number of methoxy groups -OCH3 is 3. The van der Waals surface area contributed by atoms with Gasteiger partial charge >= 0.3 is 0 Å². The molecule has 0 aliphatic carbocycles. The molecule has 2 heterocycles. The zero-order chi connectivity index (χ0) is 22.4. The van der Waals surface area contributed by atoms with Crippen molar-refractivity contribution in [1.82, 2.24) is 14.2 Å². The minimum absolute atomic E-state index is 0.136. The molecule has 3 rings (SSSR count). The number of anilines is 1. The minimum Gasteiger partial charge on any atom is -0.493 e. The number of benzene rings is 1. The number of rotatable bonds is 8. The number of sulfonamides is 1. The van der Waals surface area contributed by atoms with Gasteiger partial charge in [0, 0.05) is 56.4 Å². The number of nitrogens with one attached hydrogen (secondary N) is 1. The Morgan fingerprint density at radius 2 is 1.71 bits per heavy atom. The highest BCUT2D eigenvalue weighted by Gasteiger charge is 2.29. The molecule has 1 aromatic heterocycles. The van der Waals surface area contributed by atoms with E-state index < -0.39 is 10.0 Å². The number of pyridine rings is 1. The van der Waals surface area contributed by atoms with E-state index in [0.29, 0.717) is 49.1 Å². The topological polar surface area (TPSA) is 110 Å². The van der Waals surface area contributed by atoms with Gasteiger partial charge < -0.3 is 19.5 Å². The van der Waals surface area contributed by atoms with Crippen LogP contribution < -0.4 is 19.5 Å². The first-order valence-corrected chi connectivity index (χ1v) is 11.1. The molecule has 0 atom stereocenters. The number of piperazine rings is 1. The van der Waals surface area contributed by atoms with E-state index in [9.17, 15) is 13.2 Å².